The summed E-state index contributed by atoms with van der Waals surface area (Å²) in [5, 5.41) is 0. The Morgan fingerprint density at radius 2 is 1.67 bits per heavy atom. The molecule has 2 aliphatic heterocycles. The first-order valence-corrected chi connectivity index (χ1v) is 11.4. The monoisotopic (exact) mass is 443 g/mol. The lowest BCUT2D eigenvalue weighted by Gasteiger charge is -2.33. The lowest BCUT2D eigenvalue weighted by atomic mass is 9.93. The Kier molecular flexibility index (Phi) is 5.15. The lowest BCUT2D eigenvalue weighted by molar-refractivity contribution is -0.140. The molecule has 6 heteroatoms. The number of hydrogen-bond donors (Lipinski definition) is 0. The van der Waals surface area contributed by atoms with Gasteiger partial charge >= 0.3 is 0 Å². The lowest BCUT2D eigenvalue weighted by Crippen LogP contribution is -2.47. The molecule has 0 saturated carbocycles. The van der Waals surface area contributed by atoms with E-state index in [1.165, 1.54) is 22.3 Å². The molecule has 1 aliphatic carbocycles. The summed E-state index contributed by atoms with van der Waals surface area (Å²) in [5.41, 5.74) is 4.96. The summed E-state index contributed by atoms with van der Waals surface area (Å²) in [6.45, 7) is 2.25. The predicted molar refractivity (Wildman–Crippen MR) is 123 cm³/mol. The number of benzene rings is 3. The van der Waals surface area contributed by atoms with Gasteiger partial charge in [-0.3, -0.25) is 4.79 Å². The van der Waals surface area contributed by atoms with Gasteiger partial charge in [0, 0.05) is 24.9 Å². The quantitative estimate of drug-likeness (QED) is 0.591. The highest BCUT2D eigenvalue weighted by molar-refractivity contribution is 5.84. The molecule has 1 atom stereocenters. The van der Waals surface area contributed by atoms with Gasteiger partial charge in [0.2, 0.25) is 12.7 Å². The maximum Gasteiger partial charge on any atom is 0.231 e. The summed E-state index contributed by atoms with van der Waals surface area (Å²) in [5.74, 6) is 2.36. The number of morpholine rings is 1. The summed E-state index contributed by atoms with van der Waals surface area (Å²) in [4.78, 5) is 15.2. The number of ether oxygens (including phenoxy) is 4. The molecule has 3 aliphatic rings. The van der Waals surface area contributed by atoms with Crippen LogP contribution in [-0.4, -0.2) is 50.0 Å². The largest absolute Gasteiger partial charge is 0.491 e. The zero-order chi connectivity index (χ0) is 22.2. The molecule has 0 spiro atoms. The summed E-state index contributed by atoms with van der Waals surface area (Å²) in [6, 6.07) is 22.3. The Morgan fingerprint density at radius 1 is 0.939 bits per heavy atom. The van der Waals surface area contributed by atoms with Gasteiger partial charge in [-0.15, -0.1) is 0 Å². The Labute approximate surface area is 192 Å². The van der Waals surface area contributed by atoms with E-state index in [9.17, 15) is 4.79 Å². The number of amides is 1. The molecule has 6 nitrogen and oxygen atoms in total. The molecule has 168 valence electrons. The first kappa shape index (κ1) is 20.1. The van der Waals surface area contributed by atoms with Crippen LogP contribution in [0.4, 0.5) is 0 Å². The van der Waals surface area contributed by atoms with Gasteiger partial charge in [0.25, 0.3) is 0 Å². The van der Waals surface area contributed by atoms with Crippen LogP contribution in [0.25, 0.3) is 11.1 Å². The van der Waals surface area contributed by atoms with Crippen molar-refractivity contribution in [3.63, 3.8) is 0 Å². The molecule has 33 heavy (non-hydrogen) atoms. The fraction of sp³-hybridized carbons (Fsp3) is 0.296. The third kappa shape index (κ3) is 3.80. The summed E-state index contributed by atoms with van der Waals surface area (Å²) < 4.78 is 22.6. The summed E-state index contributed by atoms with van der Waals surface area (Å²) in [7, 11) is 0. The average molecular weight is 443 g/mol. The Balaban J connectivity index is 1.11. The van der Waals surface area contributed by atoms with Gasteiger partial charge in [-0.05, 0) is 34.4 Å². The molecule has 1 unspecified atom stereocenters. The number of fused-ring (bicyclic) bond motifs is 4. The molecule has 0 aromatic heterocycles. The first-order chi connectivity index (χ1) is 16.3. The highest BCUT2D eigenvalue weighted by atomic mass is 16.7. The van der Waals surface area contributed by atoms with Crippen LogP contribution in [0, 0.1) is 0 Å². The van der Waals surface area contributed by atoms with Crippen molar-refractivity contribution in [2.24, 2.45) is 0 Å². The van der Waals surface area contributed by atoms with Gasteiger partial charge in [0.15, 0.2) is 11.5 Å². The molecule has 1 amide bonds. The fourth-order valence-corrected chi connectivity index (χ4v) is 4.99. The number of carbonyl (C=O) groups is 1. The van der Waals surface area contributed by atoms with E-state index >= 15 is 0 Å². The third-order valence-electron chi connectivity index (χ3n) is 6.61. The third-order valence-corrected chi connectivity index (χ3v) is 6.61. The minimum Gasteiger partial charge on any atom is -0.491 e. The van der Waals surface area contributed by atoms with Crippen molar-refractivity contribution in [1.29, 1.82) is 0 Å². The standard InChI is InChI=1S/C27H25NO5/c29-27(14-24-22-7-3-1-5-20(22)21-6-2-4-8-23(21)24)28-11-12-30-19(15-28)16-31-18-9-10-25-26(13-18)33-17-32-25/h1-10,13,19,24H,11-12,14-17H2. The second-order valence-electron chi connectivity index (χ2n) is 8.59. The van der Waals surface area contributed by atoms with Crippen molar-refractivity contribution in [2.75, 3.05) is 33.1 Å². The van der Waals surface area contributed by atoms with E-state index in [4.69, 9.17) is 18.9 Å². The van der Waals surface area contributed by atoms with Crippen molar-refractivity contribution < 1.29 is 23.7 Å². The van der Waals surface area contributed by atoms with Crippen molar-refractivity contribution in [3.05, 3.63) is 77.9 Å². The van der Waals surface area contributed by atoms with Crippen LogP contribution in [0.2, 0.25) is 0 Å². The van der Waals surface area contributed by atoms with Crippen molar-refractivity contribution in [1.82, 2.24) is 4.90 Å². The molecule has 6 rings (SSSR count). The first-order valence-electron chi connectivity index (χ1n) is 11.4. The van der Waals surface area contributed by atoms with Gasteiger partial charge < -0.3 is 23.8 Å². The van der Waals surface area contributed by atoms with Crippen LogP contribution in [0.3, 0.4) is 0 Å². The van der Waals surface area contributed by atoms with E-state index in [1.807, 2.05) is 23.1 Å². The van der Waals surface area contributed by atoms with Gasteiger partial charge in [-0.1, -0.05) is 48.5 Å². The number of nitrogens with zero attached hydrogens (tertiary/aromatic N) is 1. The van der Waals surface area contributed by atoms with Gasteiger partial charge in [-0.25, -0.2) is 0 Å². The van der Waals surface area contributed by atoms with E-state index in [0.29, 0.717) is 44.2 Å². The number of hydrogen-bond acceptors (Lipinski definition) is 5. The van der Waals surface area contributed by atoms with E-state index in [1.54, 1.807) is 0 Å². The molecule has 0 bridgehead atoms. The smallest absolute Gasteiger partial charge is 0.231 e. The van der Waals surface area contributed by atoms with E-state index in [-0.39, 0.29) is 24.7 Å². The summed E-state index contributed by atoms with van der Waals surface area (Å²) in [6.07, 6.45) is 0.292. The average Bonchev–Trinajstić information content (AvgIpc) is 3.46. The molecule has 3 aromatic carbocycles. The molecule has 0 N–H and O–H groups in total. The topological polar surface area (TPSA) is 57.2 Å². The zero-order valence-corrected chi connectivity index (χ0v) is 18.2. The minimum absolute atomic E-state index is 0.0936. The maximum atomic E-state index is 13.3. The number of carbonyl (C=O) groups excluding carboxylic acids is 1. The van der Waals surface area contributed by atoms with Gasteiger partial charge in [0.05, 0.1) is 13.2 Å². The Morgan fingerprint density at radius 3 is 2.45 bits per heavy atom. The molecule has 0 radical (unpaired) electrons. The molecular weight excluding hydrogens is 418 g/mol. The van der Waals surface area contributed by atoms with E-state index in [2.05, 4.69) is 48.5 Å². The second kappa shape index (κ2) is 8.45. The van der Waals surface area contributed by atoms with Crippen LogP contribution < -0.4 is 14.2 Å². The van der Waals surface area contributed by atoms with Crippen LogP contribution in [0.5, 0.6) is 17.2 Å². The Bertz CT molecular complexity index is 1150. The molecular formula is C27H25NO5. The van der Waals surface area contributed by atoms with Crippen molar-refractivity contribution in [3.8, 4) is 28.4 Å². The highest BCUT2D eigenvalue weighted by Crippen LogP contribution is 2.46. The van der Waals surface area contributed by atoms with Gasteiger partial charge in [0.1, 0.15) is 18.5 Å². The zero-order valence-electron chi connectivity index (χ0n) is 18.2. The minimum atomic E-state index is -0.170. The summed E-state index contributed by atoms with van der Waals surface area (Å²) >= 11 is 0. The molecule has 3 aromatic rings. The van der Waals surface area contributed by atoms with Crippen molar-refractivity contribution in [2.45, 2.75) is 18.4 Å². The highest BCUT2D eigenvalue weighted by Gasteiger charge is 2.32. The van der Waals surface area contributed by atoms with Crippen LogP contribution in [0.1, 0.15) is 23.5 Å². The normalized spacial score (nSPS) is 18.7. The predicted octanol–water partition coefficient (Wildman–Crippen LogP) is 4.22. The maximum absolute atomic E-state index is 13.3. The van der Waals surface area contributed by atoms with E-state index in [0.717, 1.165) is 5.75 Å². The molecule has 2 heterocycles. The fourth-order valence-electron chi connectivity index (χ4n) is 4.99. The molecule has 1 fully saturated rings. The SMILES string of the molecule is O=C(CC1c2ccccc2-c2ccccc21)N1CCOC(COc2ccc3c(c2)OCO3)C1. The second-order valence-corrected chi connectivity index (χ2v) is 8.59. The van der Waals surface area contributed by atoms with Crippen LogP contribution in [0.15, 0.2) is 66.7 Å². The molecule has 1 saturated heterocycles. The van der Waals surface area contributed by atoms with Crippen molar-refractivity contribution >= 4 is 5.91 Å². The Hall–Kier alpha value is -3.51. The van der Waals surface area contributed by atoms with Crippen LogP contribution in [-0.2, 0) is 9.53 Å². The number of rotatable bonds is 5. The van der Waals surface area contributed by atoms with Gasteiger partial charge in [-0.2, -0.15) is 0 Å². The van der Waals surface area contributed by atoms with Crippen LogP contribution >= 0.6 is 0 Å². The van der Waals surface area contributed by atoms with E-state index < -0.39 is 0 Å².